The summed E-state index contributed by atoms with van der Waals surface area (Å²) in [7, 11) is 0. The third-order valence-corrected chi connectivity index (χ3v) is 3.45. The first-order valence-electron chi connectivity index (χ1n) is 7.04. The van der Waals surface area contributed by atoms with Crippen LogP contribution in [0, 0.1) is 0 Å². The van der Waals surface area contributed by atoms with Gasteiger partial charge in [-0.1, -0.05) is 6.42 Å². The first-order valence-corrected chi connectivity index (χ1v) is 7.04. The van der Waals surface area contributed by atoms with Crippen LogP contribution in [0.5, 0.6) is 0 Å². The van der Waals surface area contributed by atoms with Crippen molar-refractivity contribution in [2.75, 3.05) is 18.4 Å². The van der Waals surface area contributed by atoms with Gasteiger partial charge in [0.2, 0.25) is 0 Å². The third kappa shape index (κ3) is 3.56. The summed E-state index contributed by atoms with van der Waals surface area (Å²) in [5, 5.41) is 6.68. The van der Waals surface area contributed by atoms with E-state index in [0.29, 0.717) is 11.9 Å². The van der Waals surface area contributed by atoms with Crippen molar-refractivity contribution in [3.05, 3.63) is 22.7 Å². The number of hydrogen-bond donors (Lipinski definition) is 2. The summed E-state index contributed by atoms with van der Waals surface area (Å²) in [6.45, 7) is 8.01. The van der Waals surface area contributed by atoms with Gasteiger partial charge in [-0.05, 0) is 40.2 Å². The van der Waals surface area contributed by atoms with Crippen LogP contribution in [0.4, 0.5) is 5.82 Å². The van der Waals surface area contributed by atoms with Gasteiger partial charge in [0, 0.05) is 30.5 Å². The molecular weight excluding hydrogens is 240 g/mol. The Balaban J connectivity index is 2.18. The molecule has 1 atom stereocenters. The number of nitrogens with zero attached hydrogens (tertiary/aromatic N) is 2. The molecule has 0 aromatic carbocycles. The van der Waals surface area contributed by atoms with Crippen LogP contribution < -0.4 is 16.2 Å². The van der Waals surface area contributed by atoms with Gasteiger partial charge in [-0.3, -0.25) is 4.79 Å². The van der Waals surface area contributed by atoms with E-state index in [9.17, 15) is 4.79 Å². The molecule has 0 spiro atoms. The number of nitrogens with one attached hydrogen (secondary N) is 2. The fraction of sp³-hybridized carbons (Fsp3) is 0.714. The molecule has 0 amide bonds. The van der Waals surface area contributed by atoms with Crippen molar-refractivity contribution in [2.45, 2.75) is 51.6 Å². The number of aromatic nitrogens is 2. The molecule has 5 heteroatoms. The summed E-state index contributed by atoms with van der Waals surface area (Å²) in [5.41, 5.74) is -0.266. The summed E-state index contributed by atoms with van der Waals surface area (Å²) in [4.78, 5) is 16.6. The summed E-state index contributed by atoms with van der Waals surface area (Å²) in [5.74, 6) is 0.464. The molecule has 1 aromatic heterocycles. The Bertz CT molecular complexity index is 467. The number of anilines is 1. The highest BCUT2D eigenvalue weighted by Gasteiger charge is 2.19. The first kappa shape index (κ1) is 14.1. The van der Waals surface area contributed by atoms with Gasteiger partial charge in [0.1, 0.15) is 0 Å². The Labute approximate surface area is 114 Å². The second-order valence-corrected chi connectivity index (χ2v) is 6.16. The van der Waals surface area contributed by atoms with E-state index in [0.717, 1.165) is 19.5 Å². The molecule has 19 heavy (non-hydrogen) atoms. The van der Waals surface area contributed by atoms with Crippen LogP contribution in [0.2, 0.25) is 0 Å². The predicted molar refractivity (Wildman–Crippen MR) is 77.6 cm³/mol. The second kappa shape index (κ2) is 5.74. The Morgan fingerprint density at radius 2 is 2.21 bits per heavy atom. The SMILES string of the molecule is CC(C)(C)n1ccnc(NC2CCCCNC2)c1=O. The van der Waals surface area contributed by atoms with Gasteiger partial charge in [0.15, 0.2) is 5.82 Å². The van der Waals surface area contributed by atoms with Crippen LogP contribution in [0.3, 0.4) is 0 Å². The predicted octanol–water partition coefficient (Wildman–Crippen LogP) is 1.55. The van der Waals surface area contributed by atoms with Crippen molar-refractivity contribution < 1.29 is 0 Å². The lowest BCUT2D eigenvalue weighted by molar-refractivity contribution is 0.383. The Morgan fingerprint density at radius 3 is 2.95 bits per heavy atom. The maximum Gasteiger partial charge on any atom is 0.293 e. The zero-order valence-corrected chi connectivity index (χ0v) is 12.1. The number of rotatable bonds is 2. The second-order valence-electron chi connectivity index (χ2n) is 6.16. The average Bonchev–Trinajstić information content (AvgIpc) is 2.59. The smallest absolute Gasteiger partial charge is 0.293 e. The lowest BCUT2D eigenvalue weighted by Gasteiger charge is -2.23. The fourth-order valence-corrected chi connectivity index (χ4v) is 2.37. The molecule has 2 heterocycles. The van der Waals surface area contributed by atoms with E-state index >= 15 is 0 Å². The van der Waals surface area contributed by atoms with Gasteiger partial charge in [-0.2, -0.15) is 0 Å². The first-order chi connectivity index (χ1) is 8.98. The molecule has 0 radical (unpaired) electrons. The van der Waals surface area contributed by atoms with Crippen LogP contribution in [-0.4, -0.2) is 28.7 Å². The van der Waals surface area contributed by atoms with E-state index < -0.39 is 0 Å². The quantitative estimate of drug-likeness (QED) is 0.851. The zero-order chi connectivity index (χ0) is 13.9. The largest absolute Gasteiger partial charge is 0.361 e. The third-order valence-electron chi connectivity index (χ3n) is 3.45. The van der Waals surface area contributed by atoms with Crippen molar-refractivity contribution in [1.82, 2.24) is 14.9 Å². The van der Waals surface area contributed by atoms with Crippen molar-refractivity contribution in [1.29, 1.82) is 0 Å². The van der Waals surface area contributed by atoms with Gasteiger partial charge in [-0.15, -0.1) is 0 Å². The standard InChI is InChI=1S/C14H24N4O/c1-14(2,3)18-9-8-16-12(13(18)19)17-11-6-4-5-7-15-10-11/h8-9,11,15H,4-7,10H2,1-3H3,(H,16,17). The molecular formula is C14H24N4O. The molecule has 106 valence electrons. The molecule has 1 fully saturated rings. The van der Waals surface area contributed by atoms with Crippen LogP contribution in [0.15, 0.2) is 17.2 Å². The van der Waals surface area contributed by atoms with Gasteiger partial charge >= 0.3 is 0 Å². The monoisotopic (exact) mass is 264 g/mol. The van der Waals surface area contributed by atoms with E-state index in [1.165, 1.54) is 12.8 Å². The van der Waals surface area contributed by atoms with Crippen LogP contribution in [-0.2, 0) is 5.54 Å². The molecule has 0 saturated carbocycles. The van der Waals surface area contributed by atoms with Gasteiger partial charge in [0.05, 0.1) is 0 Å². The highest BCUT2D eigenvalue weighted by Crippen LogP contribution is 2.12. The van der Waals surface area contributed by atoms with Crippen molar-refractivity contribution >= 4 is 5.82 Å². The Kier molecular flexibility index (Phi) is 4.24. The highest BCUT2D eigenvalue weighted by molar-refractivity contribution is 5.32. The van der Waals surface area contributed by atoms with E-state index in [1.54, 1.807) is 17.0 Å². The van der Waals surface area contributed by atoms with Gasteiger partial charge in [0.25, 0.3) is 5.56 Å². The number of hydrogen-bond acceptors (Lipinski definition) is 4. The van der Waals surface area contributed by atoms with Crippen LogP contribution in [0.25, 0.3) is 0 Å². The normalized spacial score (nSPS) is 20.9. The van der Waals surface area contributed by atoms with Crippen LogP contribution >= 0.6 is 0 Å². The Morgan fingerprint density at radius 1 is 1.42 bits per heavy atom. The highest BCUT2D eigenvalue weighted by atomic mass is 16.1. The molecule has 1 saturated heterocycles. The topological polar surface area (TPSA) is 59.0 Å². The summed E-state index contributed by atoms with van der Waals surface area (Å²) >= 11 is 0. The summed E-state index contributed by atoms with van der Waals surface area (Å²) < 4.78 is 1.73. The molecule has 1 aromatic rings. The van der Waals surface area contributed by atoms with Crippen molar-refractivity contribution in [3.63, 3.8) is 0 Å². The summed E-state index contributed by atoms with van der Waals surface area (Å²) in [6.07, 6.45) is 6.91. The minimum absolute atomic E-state index is 0.0424. The molecule has 2 N–H and O–H groups in total. The molecule has 0 bridgehead atoms. The minimum Gasteiger partial charge on any atom is -0.361 e. The molecule has 1 aliphatic heterocycles. The molecule has 1 aliphatic rings. The van der Waals surface area contributed by atoms with Crippen LogP contribution in [0.1, 0.15) is 40.0 Å². The zero-order valence-electron chi connectivity index (χ0n) is 12.1. The van der Waals surface area contributed by atoms with Gasteiger partial charge < -0.3 is 15.2 Å². The van der Waals surface area contributed by atoms with E-state index in [1.807, 2.05) is 20.8 Å². The maximum absolute atomic E-state index is 12.4. The minimum atomic E-state index is -0.224. The molecule has 0 aliphatic carbocycles. The van der Waals surface area contributed by atoms with Crippen molar-refractivity contribution in [3.8, 4) is 0 Å². The molecule has 5 nitrogen and oxygen atoms in total. The van der Waals surface area contributed by atoms with Gasteiger partial charge in [-0.25, -0.2) is 4.98 Å². The lowest BCUT2D eigenvalue weighted by atomic mass is 10.1. The fourth-order valence-electron chi connectivity index (χ4n) is 2.37. The summed E-state index contributed by atoms with van der Waals surface area (Å²) in [6, 6.07) is 0.290. The molecule has 2 rings (SSSR count). The molecule has 1 unspecified atom stereocenters. The van der Waals surface area contributed by atoms with Crippen molar-refractivity contribution in [2.24, 2.45) is 0 Å². The van der Waals surface area contributed by atoms with E-state index in [4.69, 9.17) is 0 Å². The average molecular weight is 264 g/mol. The lowest BCUT2D eigenvalue weighted by Crippen LogP contribution is -2.38. The Hall–Kier alpha value is -1.36. The maximum atomic E-state index is 12.4. The van der Waals surface area contributed by atoms with E-state index in [2.05, 4.69) is 15.6 Å². The van der Waals surface area contributed by atoms with E-state index in [-0.39, 0.29) is 11.1 Å².